The lowest BCUT2D eigenvalue weighted by molar-refractivity contribution is -0.140. The van der Waals surface area contributed by atoms with E-state index < -0.39 is 0 Å². The van der Waals surface area contributed by atoms with Gasteiger partial charge in [-0.05, 0) is 12.8 Å². The molecule has 0 aromatic rings. The van der Waals surface area contributed by atoms with Gasteiger partial charge in [-0.1, -0.05) is 12.8 Å². The number of carbonyl (C=O) groups is 1. The molecule has 0 unspecified atom stereocenters. The summed E-state index contributed by atoms with van der Waals surface area (Å²) >= 11 is 3.66. The number of nitrogens with zero attached hydrogens (tertiary/aromatic N) is 2. The zero-order valence-electron chi connectivity index (χ0n) is 12.9. The maximum atomic E-state index is 10.3. The van der Waals surface area contributed by atoms with Gasteiger partial charge in [0.05, 0.1) is 12.3 Å². The Morgan fingerprint density at radius 1 is 1.10 bits per heavy atom. The SMILES string of the molecule is CN(O)CCCCCCN(C)O.O=C(CS)OCCNO. The summed E-state index contributed by atoms with van der Waals surface area (Å²) in [6.45, 7) is 1.89. The van der Waals surface area contributed by atoms with E-state index in [2.05, 4.69) is 17.4 Å². The first kappa shape index (κ1) is 22.9. The molecule has 0 radical (unpaired) electrons. The summed E-state index contributed by atoms with van der Waals surface area (Å²) in [5.74, 6) is -0.306. The Kier molecular flexibility index (Phi) is 19.2. The highest BCUT2D eigenvalue weighted by Crippen LogP contribution is 2.00. The summed E-state index contributed by atoms with van der Waals surface area (Å²) in [6.07, 6.45) is 4.25. The summed E-state index contributed by atoms with van der Waals surface area (Å²) in [5.41, 5.74) is 1.84. The van der Waals surface area contributed by atoms with Crippen molar-refractivity contribution in [3.8, 4) is 0 Å². The number of ether oxygens (including phenoxy) is 1. The van der Waals surface area contributed by atoms with Crippen LogP contribution in [0.25, 0.3) is 0 Å². The Hall–Kier alpha value is -0.420. The Bertz CT molecular complexity index is 221. The Labute approximate surface area is 132 Å². The highest BCUT2D eigenvalue weighted by atomic mass is 32.1. The number of unbranched alkanes of at least 4 members (excludes halogenated alkanes) is 3. The van der Waals surface area contributed by atoms with Gasteiger partial charge in [-0.3, -0.25) is 4.79 Å². The normalized spacial score (nSPS) is 10.5. The number of esters is 1. The van der Waals surface area contributed by atoms with Crippen LogP contribution in [0.1, 0.15) is 25.7 Å². The molecule has 0 rings (SSSR count). The first-order valence-corrected chi connectivity index (χ1v) is 7.50. The van der Waals surface area contributed by atoms with Crippen molar-refractivity contribution in [3.63, 3.8) is 0 Å². The van der Waals surface area contributed by atoms with Crippen molar-refractivity contribution in [1.29, 1.82) is 0 Å². The molecule has 0 saturated heterocycles. The number of nitrogens with one attached hydrogen (secondary N) is 1. The van der Waals surface area contributed by atoms with Gasteiger partial charge in [0.2, 0.25) is 0 Å². The number of hydrogen-bond acceptors (Lipinski definition) is 9. The second kappa shape index (κ2) is 17.6. The molecule has 0 spiro atoms. The van der Waals surface area contributed by atoms with Crippen molar-refractivity contribution >= 4 is 18.6 Å². The molecule has 9 heteroatoms. The number of hydroxylamine groups is 5. The van der Waals surface area contributed by atoms with E-state index in [1.54, 1.807) is 14.1 Å². The van der Waals surface area contributed by atoms with Crippen molar-refractivity contribution in [3.05, 3.63) is 0 Å². The predicted octanol–water partition coefficient (Wildman–Crippen LogP) is 0.627. The lowest BCUT2D eigenvalue weighted by Crippen LogP contribution is -2.18. The summed E-state index contributed by atoms with van der Waals surface area (Å²) < 4.78 is 4.49. The summed E-state index contributed by atoms with van der Waals surface area (Å²) in [6, 6.07) is 0. The van der Waals surface area contributed by atoms with Crippen LogP contribution in [0, 0.1) is 0 Å². The fourth-order valence-corrected chi connectivity index (χ4v) is 1.38. The van der Waals surface area contributed by atoms with E-state index >= 15 is 0 Å². The van der Waals surface area contributed by atoms with E-state index in [1.807, 2.05) is 5.48 Å². The van der Waals surface area contributed by atoms with Gasteiger partial charge in [-0.25, -0.2) is 5.48 Å². The second-order valence-electron chi connectivity index (χ2n) is 4.46. The molecule has 0 amide bonds. The third-order valence-corrected chi connectivity index (χ3v) is 2.58. The monoisotopic (exact) mass is 327 g/mol. The third-order valence-electron chi connectivity index (χ3n) is 2.32. The van der Waals surface area contributed by atoms with Crippen LogP contribution in [0.15, 0.2) is 0 Å². The largest absolute Gasteiger partial charge is 0.464 e. The van der Waals surface area contributed by atoms with Crippen molar-refractivity contribution in [2.75, 3.05) is 46.1 Å². The van der Waals surface area contributed by atoms with E-state index in [1.165, 1.54) is 10.1 Å². The summed E-state index contributed by atoms with van der Waals surface area (Å²) in [4.78, 5) is 10.3. The zero-order chi connectivity index (χ0) is 16.5. The molecule has 8 nitrogen and oxygen atoms in total. The van der Waals surface area contributed by atoms with E-state index in [9.17, 15) is 4.79 Å². The van der Waals surface area contributed by atoms with E-state index in [0.717, 1.165) is 38.8 Å². The van der Waals surface area contributed by atoms with Gasteiger partial charge >= 0.3 is 5.97 Å². The fourth-order valence-electron chi connectivity index (χ4n) is 1.29. The Balaban J connectivity index is 0. The van der Waals surface area contributed by atoms with Crippen molar-refractivity contribution in [1.82, 2.24) is 15.6 Å². The number of hydrogen-bond donors (Lipinski definition) is 5. The van der Waals surface area contributed by atoms with E-state index in [-0.39, 0.29) is 24.9 Å². The fraction of sp³-hybridized carbons (Fsp3) is 0.917. The Morgan fingerprint density at radius 3 is 1.90 bits per heavy atom. The number of rotatable bonds is 11. The zero-order valence-corrected chi connectivity index (χ0v) is 13.8. The minimum Gasteiger partial charge on any atom is -0.464 e. The van der Waals surface area contributed by atoms with Gasteiger partial charge in [-0.2, -0.15) is 22.8 Å². The second-order valence-corrected chi connectivity index (χ2v) is 4.78. The highest BCUT2D eigenvalue weighted by Gasteiger charge is 1.95. The van der Waals surface area contributed by atoms with Gasteiger partial charge in [-0.15, -0.1) is 0 Å². The van der Waals surface area contributed by atoms with Gasteiger partial charge in [0.15, 0.2) is 0 Å². The van der Waals surface area contributed by atoms with Crippen molar-refractivity contribution < 1.29 is 25.2 Å². The molecule has 0 aromatic heterocycles. The molecule has 0 aliphatic rings. The first-order valence-electron chi connectivity index (χ1n) is 6.87. The van der Waals surface area contributed by atoms with E-state index in [0.29, 0.717) is 0 Å². The van der Waals surface area contributed by atoms with Crippen LogP contribution >= 0.6 is 12.6 Å². The minimum atomic E-state index is -0.381. The number of thiol groups is 1. The van der Waals surface area contributed by atoms with Crippen LogP contribution in [-0.2, 0) is 9.53 Å². The van der Waals surface area contributed by atoms with Gasteiger partial charge in [0, 0.05) is 27.2 Å². The number of carbonyl (C=O) groups excluding carboxylic acids is 1. The third kappa shape index (κ3) is 24.9. The molecule has 0 heterocycles. The average Bonchev–Trinajstić information content (AvgIpc) is 2.43. The molecule has 0 atom stereocenters. The quantitative estimate of drug-likeness (QED) is 0.163. The minimum absolute atomic E-state index is 0.0748. The molecule has 21 heavy (non-hydrogen) atoms. The van der Waals surface area contributed by atoms with Gasteiger partial charge in [0.1, 0.15) is 6.61 Å². The molecule has 0 aliphatic heterocycles. The summed E-state index contributed by atoms with van der Waals surface area (Å²) in [5, 5.41) is 28.0. The Morgan fingerprint density at radius 2 is 1.57 bits per heavy atom. The van der Waals surface area contributed by atoms with Crippen LogP contribution < -0.4 is 5.48 Å². The van der Waals surface area contributed by atoms with Crippen molar-refractivity contribution in [2.24, 2.45) is 0 Å². The first-order chi connectivity index (χ1) is 9.93. The van der Waals surface area contributed by atoms with Crippen LogP contribution in [-0.4, -0.2) is 77.8 Å². The lowest BCUT2D eigenvalue weighted by Gasteiger charge is -2.08. The van der Waals surface area contributed by atoms with Crippen LogP contribution in [0.4, 0.5) is 0 Å². The topological polar surface area (TPSA) is 106 Å². The van der Waals surface area contributed by atoms with Crippen molar-refractivity contribution in [2.45, 2.75) is 25.7 Å². The molecular formula is C12H29N3O5S. The maximum Gasteiger partial charge on any atom is 0.315 e. The molecule has 128 valence electrons. The molecule has 4 N–H and O–H groups in total. The highest BCUT2D eigenvalue weighted by molar-refractivity contribution is 7.81. The standard InChI is InChI=1S/C8H20N2O2.C4H9NO3S/c1-9(11)7-5-3-4-6-8-10(2)12;6-4(3-9)8-2-1-5-7/h11-12H,3-8H2,1-2H3;5,7,9H,1-3H2. The summed E-state index contributed by atoms with van der Waals surface area (Å²) in [7, 11) is 3.31. The van der Waals surface area contributed by atoms with Gasteiger partial charge < -0.3 is 20.4 Å². The van der Waals surface area contributed by atoms with Gasteiger partial charge in [0.25, 0.3) is 0 Å². The average molecular weight is 327 g/mol. The van der Waals surface area contributed by atoms with Crippen LogP contribution in [0.5, 0.6) is 0 Å². The predicted molar refractivity (Wildman–Crippen MR) is 81.9 cm³/mol. The smallest absolute Gasteiger partial charge is 0.315 e. The molecule has 0 aromatic carbocycles. The molecule has 0 fully saturated rings. The molecule has 0 saturated carbocycles. The van der Waals surface area contributed by atoms with Crippen LogP contribution in [0.2, 0.25) is 0 Å². The maximum absolute atomic E-state index is 10.3. The van der Waals surface area contributed by atoms with Crippen LogP contribution in [0.3, 0.4) is 0 Å². The molecule has 0 bridgehead atoms. The molecule has 0 aliphatic carbocycles. The lowest BCUT2D eigenvalue weighted by atomic mass is 10.2. The molecular weight excluding hydrogens is 298 g/mol. The van der Waals surface area contributed by atoms with E-state index in [4.69, 9.17) is 15.6 Å².